The fourth-order valence-electron chi connectivity index (χ4n) is 0. The van der Waals surface area contributed by atoms with Crippen LogP contribution in [0, 0.1) is 80.8 Å². The number of hydrogen-bond acceptors (Lipinski definition) is 0. The van der Waals surface area contributed by atoms with Gasteiger partial charge in [0.15, 0.2) is 0 Å². The monoisotopic (exact) mass is 458 g/mol. The van der Waals surface area contributed by atoms with Gasteiger partial charge in [-0.3, -0.25) is 0 Å². The molecule has 0 aromatic rings. The third kappa shape index (κ3) is 17.7. The Morgan fingerprint density at radius 3 is 1.00 bits per heavy atom. The topological polar surface area (TPSA) is 0 Å². The summed E-state index contributed by atoms with van der Waals surface area (Å²) < 4.78 is 0. The molecule has 0 heterocycles. The average Bonchev–Trinajstić information content (AvgIpc) is 0. The van der Waals surface area contributed by atoms with Crippen LogP contribution >= 0.6 is 0 Å². The summed E-state index contributed by atoms with van der Waals surface area (Å²) in [6.07, 6.45) is 0. The minimum atomic E-state index is 0. The fraction of sp³-hybridized carbons (Fsp3) is 0. The Kier molecular flexibility index (Phi) is 141. The normalized spacial score (nSPS) is 0. The van der Waals surface area contributed by atoms with E-state index in [1.165, 1.54) is 0 Å². The molecule has 0 aliphatic carbocycles. The van der Waals surface area contributed by atoms with Crippen LogP contribution in [0.4, 0.5) is 0 Å². The van der Waals surface area contributed by atoms with E-state index in [0.717, 1.165) is 0 Å². The summed E-state index contributed by atoms with van der Waals surface area (Å²) in [6.45, 7) is 0. The first kappa shape index (κ1) is 31.2. The minimum absolute atomic E-state index is 0. The minimum Gasteiger partial charge on any atom is 0 e. The van der Waals surface area contributed by atoms with Crippen molar-refractivity contribution in [3.8, 4) is 0 Å². The molecule has 0 aliphatic heterocycles. The van der Waals surface area contributed by atoms with Crippen LogP contribution in [0.5, 0.6) is 0 Å². The Balaban J connectivity index is 0. The molecule has 0 spiro atoms. The Morgan fingerprint density at radius 2 is 1.00 bits per heavy atom. The summed E-state index contributed by atoms with van der Waals surface area (Å²) in [5.41, 5.74) is 0. The van der Waals surface area contributed by atoms with Gasteiger partial charge in [0.2, 0.25) is 0 Å². The van der Waals surface area contributed by atoms with Crippen LogP contribution in [-0.4, -0.2) is 60.8 Å². The second-order valence-corrected chi connectivity index (χ2v) is 0. The molecule has 0 aliphatic rings. The van der Waals surface area contributed by atoms with Gasteiger partial charge in [0.1, 0.15) is 0 Å². The van der Waals surface area contributed by atoms with Crippen LogP contribution in [0.3, 0.4) is 0 Å². The van der Waals surface area contributed by atoms with E-state index in [4.69, 9.17) is 0 Å². The second-order valence-electron chi connectivity index (χ2n) is 0. The quantitative estimate of drug-likeness (QED) is 0.373. The van der Waals surface area contributed by atoms with Gasteiger partial charge in [0.25, 0.3) is 0 Å². The first-order valence-corrected chi connectivity index (χ1v) is 0. The molecule has 0 bridgehead atoms. The summed E-state index contributed by atoms with van der Waals surface area (Å²) in [6, 6.07) is 0. The zero-order valence-electron chi connectivity index (χ0n) is 1.35. The van der Waals surface area contributed by atoms with Crippen LogP contribution < -0.4 is 0 Å². The summed E-state index contributed by atoms with van der Waals surface area (Å²) in [7, 11) is 0. The predicted octanol–water partition coefficient (Wildman–Crippen LogP) is -1.83. The predicted molar refractivity (Wildman–Crippen MR) is 17.1 cm³/mol. The molecule has 0 atom stereocenters. The van der Waals surface area contributed by atoms with Gasteiger partial charge in [0, 0.05) is 107 Å². The first-order valence-electron chi connectivity index (χ1n) is 0. The fourth-order valence-corrected chi connectivity index (χ4v) is 0. The van der Waals surface area contributed by atoms with Gasteiger partial charge in [-0.1, -0.05) is 0 Å². The largest absolute Gasteiger partial charge is 0.316 e. The van der Waals surface area contributed by atoms with Gasteiger partial charge in [-0.15, -0.1) is 0 Å². The van der Waals surface area contributed by atoms with E-state index in [-0.39, 0.29) is 168 Å². The van der Waals surface area contributed by atoms with Crippen molar-refractivity contribution in [2.24, 2.45) is 0 Å². The molecule has 0 fully saturated rings. The van der Waals surface area contributed by atoms with E-state index in [2.05, 4.69) is 0 Å². The molecule has 5 heavy (non-hydrogen) atoms. The third-order valence-electron chi connectivity index (χ3n) is 0. The van der Waals surface area contributed by atoms with E-state index < -0.39 is 0 Å². The average molecular weight is 461 g/mol. The Bertz CT molecular complexity index is 11.6. The van der Waals surface area contributed by atoms with Crippen molar-refractivity contribution in [2.75, 3.05) is 0 Å². The Morgan fingerprint density at radius 1 is 1.00 bits per heavy atom. The smallest absolute Gasteiger partial charge is 0 e. The van der Waals surface area contributed by atoms with Crippen molar-refractivity contribution in [1.29, 1.82) is 0 Å². The molecule has 0 radical (unpaired) electrons. The van der Waals surface area contributed by atoms with Crippen molar-refractivity contribution in [2.45, 2.75) is 0 Å². The number of hydrogen-bond donors (Lipinski definition) is 0. The molecule has 0 saturated heterocycles. The maximum Gasteiger partial charge on any atom is 0.316 e. The van der Waals surface area contributed by atoms with E-state index in [1.54, 1.807) is 0 Å². The molecule has 0 aromatic heterocycles. The van der Waals surface area contributed by atoms with Gasteiger partial charge in [-0.2, -0.15) is 0 Å². The van der Waals surface area contributed by atoms with Gasteiger partial charge in [-0.25, -0.2) is 0 Å². The number of rotatable bonds is 0. The van der Waals surface area contributed by atoms with Crippen LogP contribution in [0.1, 0.15) is 0 Å². The maximum atomic E-state index is 0. The Hall–Kier alpha value is 5.58. The zero-order chi connectivity index (χ0) is 0. The molecule has 5 heteroatoms. The van der Waals surface area contributed by atoms with Crippen LogP contribution in [-0.2, 0) is 26.2 Å². The van der Waals surface area contributed by atoms with Crippen LogP contribution in [0.15, 0.2) is 0 Å². The molecule has 0 nitrogen and oxygen atoms in total. The summed E-state index contributed by atoms with van der Waals surface area (Å²) in [4.78, 5) is 0. The van der Waals surface area contributed by atoms with Crippen molar-refractivity contribution >= 4 is 60.8 Å². The SMILES string of the molecule is [CaH2].[Gd].[MgH2].[Nd].[Zr]. The van der Waals surface area contributed by atoms with Gasteiger partial charge in [-0.05, 0) is 0 Å². The summed E-state index contributed by atoms with van der Waals surface area (Å²) in [5, 5.41) is 0. The van der Waals surface area contributed by atoms with Crippen LogP contribution in [0.25, 0.3) is 0 Å². The molecule has 0 rings (SSSR count). The van der Waals surface area contributed by atoms with Gasteiger partial charge >= 0.3 is 60.8 Å². The van der Waals surface area contributed by atoms with Crippen molar-refractivity contribution < 1.29 is 107 Å². The van der Waals surface area contributed by atoms with E-state index in [9.17, 15) is 0 Å². The molecule has 0 aromatic carbocycles. The van der Waals surface area contributed by atoms with E-state index >= 15 is 0 Å². The Labute approximate surface area is 162 Å². The molecule has 24 valence electrons. The first-order chi connectivity index (χ1) is 0. The molecular weight excluding hydrogens is 457 g/mol. The molecular formula is H4CaGdMgNdZr. The molecule has 0 N–H and O–H groups in total. The summed E-state index contributed by atoms with van der Waals surface area (Å²) in [5.74, 6) is 0. The van der Waals surface area contributed by atoms with Gasteiger partial charge in [0.05, 0.1) is 0 Å². The van der Waals surface area contributed by atoms with E-state index in [0.29, 0.717) is 0 Å². The maximum absolute atomic E-state index is 0. The standard InChI is InChI=1S/Ca.Gd.Mg.Nd.Zr.4H. The van der Waals surface area contributed by atoms with Crippen molar-refractivity contribution in [3.05, 3.63) is 0 Å². The molecule has 0 amide bonds. The van der Waals surface area contributed by atoms with Gasteiger partial charge < -0.3 is 0 Å². The zero-order valence-corrected chi connectivity index (χ0v) is 9.29. The molecule has 0 saturated carbocycles. The second kappa shape index (κ2) is 22.6. The van der Waals surface area contributed by atoms with Crippen molar-refractivity contribution in [3.63, 3.8) is 0 Å². The third-order valence-corrected chi connectivity index (χ3v) is 0. The van der Waals surface area contributed by atoms with Crippen LogP contribution in [0.2, 0.25) is 0 Å². The summed E-state index contributed by atoms with van der Waals surface area (Å²) >= 11 is 0. The molecule has 0 unspecified atom stereocenters. The van der Waals surface area contributed by atoms with E-state index in [1.807, 2.05) is 0 Å². The van der Waals surface area contributed by atoms with Crippen molar-refractivity contribution in [1.82, 2.24) is 0 Å².